The van der Waals surface area contributed by atoms with Crippen molar-refractivity contribution in [3.8, 4) is 11.5 Å². The van der Waals surface area contributed by atoms with Crippen LogP contribution in [0.1, 0.15) is 13.3 Å². The minimum atomic E-state index is -0.945. The number of carbonyl (C=O) groups is 1. The van der Waals surface area contributed by atoms with Crippen molar-refractivity contribution in [3.63, 3.8) is 0 Å². The standard InChI is InChI=1S/C16H23NO5/c1-2-21-14-5-3-4-6-15(14)22-10-9-17-8-7-13(18)12(11-17)16(19)20/h3-6,12-13,18H,2,7-11H2,1H3,(H,19,20)/t12-,13+/m0/s1. The van der Waals surface area contributed by atoms with Crippen LogP contribution in [0.3, 0.4) is 0 Å². The van der Waals surface area contributed by atoms with E-state index in [2.05, 4.69) is 0 Å². The Morgan fingerprint density at radius 1 is 1.32 bits per heavy atom. The van der Waals surface area contributed by atoms with Crippen molar-refractivity contribution in [2.75, 3.05) is 32.8 Å². The van der Waals surface area contributed by atoms with E-state index in [0.717, 1.165) is 0 Å². The Bertz CT molecular complexity index is 493. The van der Waals surface area contributed by atoms with Crippen LogP contribution in [0.25, 0.3) is 0 Å². The third-order valence-corrected chi connectivity index (χ3v) is 3.79. The van der Waals surface area contributed by atoms with Crippen molar-refractivity contribution in [2.45, 2.75) is 19.4 Å². The van der Waals surface area contributed by atoms with Crippen LogP contribution in [0.4, 0.5) is 0 Å². The second kappa shape index (κ2) is 8.00. The molecular formula is C16H23NO5. The number of hydrogen-bond donors (Lipinski definition) is 2. The van der Waals surface area contributed by atoms with Crippen molar-refractivity contribution in [1.82, 2.24) is 4.90 Å². The Labute approximate surface area is 130 Å². The number of likely N-dealkylation sites (tertiary alicyclic amines) is 1. The summed E-state index contributed by atoms with van der Waals surface area (Å²) in [4.78, 5) is 13.1. The predicted molar refractivity (Wildman–Crippen MR) is 81.3 cm³/mol. The van der Waals surface area contributed by atoms with Crippen LogP contribution in [0.5, 0.6) is 11.5 Å². The molecule has 2 atom stereocenters. The van der Waals surface area contributed by atoms with Gasteiger partial charge in [-0.25, -0.2) is 0 Å². The maximum absolute atomic E-state index is 11.1. The zero-order valence-corrected chi connectivity index (χ0v) is 12.8. The fourth-order valence-corrected chi connectivity index (χ4v) is 2.58. The second-order valence-electron chi connectivity index (χ2n) is 5.33. The Balaban J connectivity index is 1.83. The number of aliphatic carboxylic acids is 1. The monoisotopic (exact) mass is 309 g/mol. The number of ether oxygens (including phenoxy) is 2. The van der Waals surface area contributed by atoms with Gasteiger partial charge in [-0.3, -0.25) is 9.69 Å². The van der Waals surface area contributed by atoms with Gasteiger partial charge in [-0.1, -0.05) is 12.1 Å². The molecule has 0 aromatic heterocycles. The van der Waals surface area contributed by atoms with Crippen LogP contribution in [0.15, 0.2) is 24.3 Å². The lowest BCUT2D eigenvalue weighted by molar-refractivity contribution is -0.148. The summed E-state index contributed by atoms with van der Waals surface area (Å²) in [5.41, 5.74) is 0. The number of nitrogens with zero attached hydrogens (tertiary/aromatic N) is 1. The molecule has 22 heavy (non-hydrogen) atoms. The molecule has 2 rings (SSSR count). The number of rotatable bonds is 7. The zero-order valence-electron chi connectivity index (χ0n) is 12.8. The number of aliphatic hydroxyl groups is 1. The van der Waals surface area contributed by atoms with E-state index in [0.29, 0.717) is 50.8 Å². The molecule has 1 aliphatic rings. The Kier molecular flexibility index (Phi) is 6.03. The van der Waals surface area contributed by atoms with Gasteiger partial charge in [-0.05, 0) is 25.5 Å². The molecule has 1 aromatic rings. The number of para-hydroxylation sites is 2. The third-order valence-electron chi connectivity index (χ3n) is 3.79. The zero-order chi connectivity index (χ0) is 15.9. The third kappa shape index (κ3) is 4.35. The highest BCUT2D eigenvalue weighted by Gasteiger charge is 2.32. The summed E-state index contributed by atoms with van der Waals surface area (Å²) in [6.45, 7) is 4.60. The maximum atomic E-state index is 11.1. The van der Waals surface area contributed by atoms with Crippen molar-refractivity contribution < 1.29 is 24.5 Å². The summed E-state index contributed by atoms with van der Waals surface area (Å²) in [6, 6.07) is 7.48. The Hall–Kier alpha value is -1.79. The fourth-order valence-electron chi connectivity index (χ4n) is 2.58. The molecule has 1 heterocycles. The topological polar surface area (TPSA) is 79.2 Å². The highest BCUT2D eigenvalue weighted by Crippen LogP contribution is 2.26. The van der Waals surface area contributed by atoms with E-state index in [1.54, 1.807) is 0 Å². The van der Waals surface area contributed by atoms with Crippen molar-refractivity contribution in [1.29, 1.82) is 0 Å². The highest BCUT2D eigenvalue weighted by atomic mass is 16.5. The van der Waals surface area contributed by atoms with Gasteiger partial charge in [0.2, 0.25) is 0 Å². The average molecular weight is 309 g/mol. The summed E-state index contributed by atoms with van der Waals surface area (Å²) < 4.78 is 11.2. The van der Waals surface area contributed by atoms with Gasteiger partial charge < -0.3 is 19.7 Å². The van der Waals surface area contributed by atoms with Gasteiger partial charge in [0.25, 0.3) is 0 Å². The molecule has 0 unspecified atom stereocenters. The van der Waals surface area contributed by atoms with Crippen molar-refractivity contribution in [2.24, 2.45) is 5.92 Å². The van der Waals surface area contributed by atoms with Crippen molar-refractivity contribution >= 4 is 5.97 Å². The molecule has 122 valence electrons. The summed E-state index contributed by atoms with van der Waals surface area (Å²) in [7, 11) is 0. The maximum Gasteiger partial charge on any atom is 0.310 e. The SMILES string of the molecule is CCOc1ccccc1OCCN1CC[C@@H](O)[C@@H](C(=O)O)C1. The first kappa shape index (κ1) is 16.6. The average Bonchev–Trinajstić information content (AvgIpc) is 2.50. The van der Waals surface area contributed by atoms with Crippen LogP contribution in [0.2, 0.25) is 0 Å². The Morgan fingerprint density at radius 2 is 2.00 bits per heavy atom. The smallest absolute Gasteiger partial charge is 0.310 e. The molecule has 0 spiro atoms. The van der Waals surface area contributed by atoms with Gasteiger partial charge in [-0.15, -0.1) is 0 Å². The molecule has 1 fully saturated rings. The van der Waals surface area contributed by atoms with Crippen molar-refractivity contribution in [3.05, 3.63) is 24.3 Å². The molecule has 1 aromatic carbocycles. The lowest BCUT2D eigenvalue weighted by Crippen LogP contribution is -2.47. The molecule has 6 heteroatoms. The fraction of sp³-hybridized carbons (Fsp3) is 0.562. The molecule has 2 N–H and O–H groups in total. The predicted octanol–water partition coefficient (Wildman–Crippen LogP) is 1.23. The number of piperidine rings is 1. The first-order valence-electron chi connectivity index (χ1n) is 7.59. The van der Waals surface area contributed by atoms with E-state index in [1.165, 1.54) is 0 Å². The molecule has 0 saturated carbocycles. The highest BCUT2D eigenvalue weighted by molar-refractivity contribution is 5.71. The molecule has 1 aliphatic heterocycles. The summed E-state index contributed by atoms with van der Waals surface area (Å²) in [5, 5.41) is 18.8. The number of carboxylic acids is 1. The molecule has 0 amide bonds. The molecule has 6 nitrogen and oxygen atoms in total. The molecule has 1 saturated heterocycles. The van der Waals surface area contributed by atoms with Crippen LogP contribution in [0, 0.1) is 5.92 Å². The first-order valence-corrected chi connectivity index (χ1v) is 7.59. The second-order valence-corrected chi connectivity index (χ2v) is 5.33. The quantitative estimate of drug-likeness (QED) is 0.789. The van der Waals surface area contributed by atoms with E-state index in [1.807, 2.05) is 36.1 Å². The van der Waals surface area contributed by atoms with Crippen LogP contribution in [-0.2, 0) is 4.79 Å². The first-order chi connectivity index (χ1) is 10.6. The normalized spacial score (nSPS) is 22.3. The van der Waals surface area contributed by atoms with Gasteiger partial charge in [0.1, 0.15) is 6.61 Å². The minimum Gasteiger partial charge on any atom is -0.490 e. The number of aliphatic hydroxyl groups excluding tert-OH is 1. The van der Waals surface area contributed by atoms with Gasteiger partial charge >= 0.3 is 5.97 Å². The van der Waals surface area contributed by atoms with Gasteiger partial charge in [0.15, 0.2) is 11.5 Å². The van der Waals surface area contributed by atoms with E-state index in [-0.39, 0.29) is 0 Å². The minimum absolute atomic E-state index is 0.354. The molecule has 0 radical (unpaired) electrons. The molecule has 0 aliphatic carbocycles. The number of carboxylic acid groups (broad SMARTS) is 1. The summed E-state index contributed by atoms with van der Waals surface area (Å²) >= 11 is 0. The van der Waals surface area contributed by atoms with E-state index >= 15 is 0 Å². The van der Waals surface area contributed by atoms with Crippen LogP contribution >= 0.6 is 0 Å². The largest absolute Gasteiger partial charge is 0.490 e. The molecule has 0 bridgehead atoms. The van der Waals surface area contributed by atoms with E-state index in [4.69, 9.17) is 14.6 Å². The van der Waals surface area contributed by atoms with Crippen LogP contribution in [-0.4, -0.2) is 60.0 Å². The summed E-state index contributed by atoms with van der Waals surface area (Å²) in [6.07, 6.45) is -0.277. The van der Waals surface area contributed by atoms with Gasteiger partial charge in [0, 0.05) is 19.6 Å². The van der Waals surface area contributed by atoms with E-state index in [9.17, 15) is 9.90 Å². The number of hydrogen-bond acceptors (Lipinski definition) is 5. The lowest BCUT2D eigenvalue weighted by Gasteiger charge is -2.33. The van der Waals surface area contributed by atoms with Gasteiger partial charge in [-0.2, -0.15) is 0 Å². The van der Waals surface area contributed by atoms with E-state index < -0.39 is 18.0 Å². The Morgan fingerprint density at radius 3 is 2.64 bits per heavy atom. The number of benzene rings is 1. The van der Waals surface area contributed by atoms with Gasteiger partial charge in [0.05, 0.1) is 18.6 Å². The summed E-state index contributed by atoms with van der Waals surface area (Å²) in [5.74, 6) is -0.261. The lowest BCUT2D eigenvalue weighted by atomic mass is 9.95. The molecular weight excluding hydrogens is 286 g/mol. The van der Waals surface area contributed by atoms with Crippen LogP contribution < -0.4 is 9.47 Å².